The molecule has 0 aliphatic carbocycles. The van der Waals surface area contributed by atoms with E-state index in [2.05, 4.69) is 39.5 Å². The monoisotopic (exact) mass is 357 g/mol. The van der Waals surface area contributed by atoms with E-state index in [-0.39, 0.29) is 18.1 Å². The van der Waals surface area contributed by atoms with Gasteiger partial charge in [0.1, 0.15) is 0 Å². The summed E-state index contributed by atoms with van der Waals surface area (Å²) in [5.41, 5.74) is 0.801. The van der Waals surface area contributed by atoms with Gasteiger partial charge in [0.2, 0.25) is 5.89 Å². The van der Waals surface area contributed by atoms with Crippen LogP contribution in [0.1, 0.15) is 50.9 Å². The first-order valence-corrected chi connectivity index (χ1v) is 9.34. The number of carbonyl (C=O) groups is 1. The Kier molecular flexibility index (Phi) is 6.22. The second-order valence-electron chi connectivity index (χ2n) is 6.75. The molecule has 2 N–H and O–H groups in total. The molecule has 1 aliphatic rings. The number of urea groups is 1. The number of benzene rings is 1. The van der Waals surface area contributed by atoms with Gasteiger partial charge in [0.25, 0.3) is 0 Å². The average Bonchev–Trinajstić information content (AvgIpc) is 3.11. The third kappa shape index (κ3) is 4.82. The molecule has 0 unspecified atom stereocenters. The number of para-hydroxylation sites is 1. The molecule has 1 aliphatic heterocycles. The molecule has 0 bridgehead atoms. The summed E-state index contributed by atoms with van der Waals surface area (Å²) in [6, 6.07) is 9.62. The molecule has 7 nitrogen and oxygen atoms in total. The van der Waals surface area contributed by atoms with E-state index in [1.54, 1.807) is 0 Å². The molecule has 140 valence electrons. The van der Waals surface area contributed by atoms with Crippen molar-refractivity contribution in [3.8, 4) is 0 Å². The fourth-order valence-electron chi connectivity index (χ4n) is 3.22. The number of likely N-dealkylation sites (tertiary alicyclic amines) is 1. The Morgan fingerprint density at radius 3 is 2.73 bits per heavy atom. The smallest absolute Gasteiger partial charge is 0.319 e. The second-order valence-corrected chi connectivity index (χ2v) is 6.75. The Hall–Kier alpha value is -2.41. The number of nitrogens with one attached hydrogen (secondary N) is 2. The summed E-state index contributed by atoms with van der Waals surface area (Å²) >= 11 is 0. The summed E-state index contributed by atoms with van der Waals surface area (Å²) in [4.78, 5) is 18.9. The number of rotatable bonds is 6. The third-order valence-electron chi connectivity index (χ3n) is 4.76. The standard InChI is InChI=1S/C19H27N5O2/c1-3-7-17-22-18(26-23-17)14(2)24-12-10-16(11-13-24)21-19(25)20-15-8-5-4-6-9-15/h4-6,8-9,14,16H,3,7,10-13H2,1-2H3,(H2,20,21,25)/t14-/m0/s1. The Balaban J connectivity index is 1.45. The predicted molar refractivity (Wildman–Crippen MR) is 99.9 cm³/mol. The van der Waals surface area contributed by atoms with E-state index in [0.717, 1.165) is 50.3 Å². The highest BCUT2D eigenvalue weighted by molar-refractivity contribution is 5.89. The van der Waals surface area contributed by atoms with Crippen molar-refractivity contribution < 1.29 is 9.32 Å². The molecule has 26 heavy (non-hydrogen) atoms. The highest BCUT2D eigenvalue weighted by atomic mass is 16.5. The molecule has 0 spiro atoms. The normalized spacial score (nSPS) is 17.0. The number of aryl methyl sites for hydroxylation is 1. The van der Waals surface area contributed by atoms with Gasteiger partial charge < -0.3 is 15.2 Å². The van der Waals surface area contributed by atoms with Crippen molar-refractivity contribution in [3.63, 3.8) is 0 Å². The van der Waals surface area contributed by atoms with Crippen LogP contribution in [0.5, 0.6) is 0 Å². The van der Waals surface area contributed by atoms with Crippen molar-refractivity contribution in [1.29, 1.82) is 0 Å². The molecule has 0 saturated carbocycles. The van der Waals surface area contributed by atoms with Crippen LogP contribution < -0.4 is 10.6 Å². The fraction of sp³-hybridized carbons (Fsp3) is 0.526. The second kappa shape index (κ2) is 8.80. The van der Waals surface area contributed by atoms with Crippen LogP contribution in [0.2, 0.25) is 0 Å². The van der Waals surface area contributed by atoms with Crippen molar-refractivity contribution in [2.24, 2.45) is 0 Å². The van der Waals surface area contributed by atoms with Gasteiger partial charge in [-0.2, -0.15) is 4.98 Å². The van der Waals surface area contributed by atoms with E-state index < -0.39 is 0 Å². The summed E-state index contributed by atoms with van der Waals surface area (Å²) in [5, 5.41) is 9.96. The number of hydrogen-bond acceptors (Lipinski definition) is 5. The Morgan fingerprint density at radius 1 is 1.31 bits per heavy atom. The fourth-order valence-corrected chi connectivity index (χ4v) is 3.22. The molecule has 2 heterocycles. The van der Waals surface area contributed by atoms with Gasteiger partial charge >= 0.3 is 6.03 Å². The van der Waals surface area contributed by atoms with Crippen LogP contribution in [0.25, 0.3) is 0 Å². The van der Waals surface area contributed by atoms with E-state index in [4.69, 9.17) is 4.52 Å². The maximum Gasteiger partial charge on any atom is 0.319 e. The van der Waals surface area contributed by atoms with Crippen LogP contribution in [0.3, 0.4) is 0 Å². The number of aromatic nitrogens is 2. The van der Waals surface area contributed by atoms with Crippen molar-refractivity contribution >= 4 is 11.7 Å². The topological polar surface area (TPSA) is 83.3 Å². The average molecular weight is 357 g/mol. The summed E-state index contributed by atoms with van der Waals surface area (Å²) < 4.78 is 5.41. The molecule has 0 radical (unpaired) electrons. The van der Waals surface area contributed by atoms with Gasteiger partial charge in [0, 0.05) is 31.2 Å². The van der Waals surface area contributed by atoms with Gasteiger partial charge in [0.15, 0.2) is 5.82 Å². The number of anilines is 1. The molecule has 2 aromatic rings. The quantitative estimate of drug-likeness (QED) is 0.828. The van der Waals surface area contributed by atoms with Crippen molar-refractivity contribution in [3.05, 3.63) is 42.0 Å². The van der Waals surface area contributed by atoms with Crippen molar-refractivity contribution in [2.75, 3.05) is 18.4 Å². The van der Waals surface area contributed by atoms with Crippen LogP contribution in [0, 0.1) is 0 Å². The van der Waals surface area contributed by atoms with Gasteiger partial charge in [-0.15, -0.1) is 0 Å². The Morgan fingerprint density at radius 2 is 2.04 bits per heavy atom. The SMILES string of the molecule is CCCc1noc([C@H](C)N2CCC(NC(=O)Nc3ccccc3)CC2)n1. The van der Waals surface area contributed by atoms with Crippen molar-refractivity contribution in [2.45, 2.75) is 51.6 Å². The first-order chi connectivity index (χ1) is 12.7. The summed E-state index contributed by atoms with van der Waals surface area (Å²) in [5.74, 6) is 1.46. The van der Waals surface area contributed by atoms with Crippen LogP contribution in [0.4, 0.5) is 10.5 Å². The predicted octanol–water partition coefficient (Wildman–Crippen LogP) is 3.37. The number of carbonyl (C=O) groups excluding carboxylic acids is 1. The minimum Gasteiger partial charge on any atom is -0.338 e. The molecule has 3 rings (SSSR count). The van der Waals surface area contributed by atoms with Crippen LogP contribution in [-0.2, 0) is 6.42 Å². The first kappa shape index (κ1) is 18.4. The number of piperidine rings is 1. The molecular weight excluding hydrogens is 330 g/mol. The maximum atomic E-state index is 12.1. The Labute approximate surface area is 154 Å². The lowest BCUT2D eigenvalue weighted by atomic mass is 10.0. The summed E-state index contributed by atoms with van der Waals surface area (Å²) in [6.45, 7) is 5.98. The lowest BCUT2D eigenvalue weighted by Gasteiger charge is -2.34. The van der Waals surface area contributed by atoms with E-state index in [9.17, 15) is 4.79 Å². The minimum atomic E-state index is -0.149. The van der Waals surface area contributed by atoms with Gasteiger partial charge in [-0.1, -0.05) is 30.3 Å². The largest absolute Gasteiger partial charge is 0.338 e. The van der Waals surface area contributed by atoms with Crippen molar-refractivity contribution in [1.82, 2.24) is 20.4 Å². The molecular formula is C19H27N5O2. The number of amides is 2. The molecule has 1 atom stereocenters. The molecule has 1 aromatic carbocycles. The van der Waals surface area contributed by atoms with Gasteiger partial charge in [0.05, 0.1) is 6.04 Å². The first-order valence-electron chi connectivity index (χ1n) is 9.34. The van der Waals surface area contributed by atoms with Gasteiger partial charge in [-0.05, 0) is 38.3 Å². The third-order valence-corrected chi connectivity index (χ3v) is 4.76. The lowest BCUT2D eigenvalue weighted by Crippen LogP contribution is -2.46. The summed E-state index contributed by atoms with van der Waals surface area (Å²) in [6.07, 6.45) is 3.67. The van der Waals surface area contributed by atoms with Gasteiger partial charge in [-0.3, -0.25) is 4.90 Å². The number of hydrogen-bond donors (Lipinski definition) is 2. The zero-order valence-electron chi connectivity index (χ0n) is 15.4. The van der Waals surface area contributed by atoms with Crippen LogP contribution in [0.15, 0.2) is 34.9 Å². The molecule has 1 aromatic heterocycles. The number of nitrogens with zero attached hydrogens (tertiary/aromatic N) is 3. The summed E-state index contributed by atoms with van der Waals surface area (Å²) in [7, 11) is 0. The molecule has 1 saturated heterocycles. The minimum absolute atomic E-state index is 0.104. The highest BCUT2D eigenvalue weighted by Gasteiger charge is 2.27. The van der Waals surface area contributed by atoms with E-state index >= 15 is 0 Å². The highest BCUT2D eigenvalue weighted by Crippen LogP contribution is 2.23. The van der Waals surface area contributed by atoms with Gasteiger partial charge in [-0.25, -0.2) is 4.79 Å². The zero-order valence-corrected chi connectivity index (χ0v) is 15.4. The van der Waals surface area contributed by atoms with E-state index in [1.165, 1.54) is 0 Å². The van der Waals surface area contributed by atoms with E-state index in [1.807, 2.05) is 30.3 Å². The molecule has 2 amide bonds. The lowest BCUT2D eigenvalue weighted by molar-refractivity contribution is 0.131. The molecule has 7 heteroatoms. The van der Waals surface area contributed by atoms with Crippen LogP contribution in [-0.4, -0.2) is 40.2 Å². The molecule has 1 fully saturated rings. The maximum absolute atomic E-state index is 12.1. The van der Waals surface area contributed by atoms with Crippen LogP contribution >= 0.6 is 0 Å². The van der Waals surface area contributed by atoms with E-state index in [0.29, 0.717) is 5.89 Å². The Bertz CT molecular complexity index is 695. The zero-order chi connectivity index (χ0) is 18.4.